The van der Waals surface area contributed by atoms with E-state index in [4.69, 9.17) is 4.98 Å². The molecule has 0 fully saturated rings. The van der Waals surface area contributed by atoms with E-state index in [-0.39, 0.29) is 23.3 Å². The number of ketones is 1. The molecule has 0 aliphatic carbocycles. The number of alkyl halides is 3. The smallest absolute Gasteiger partial charge is 0.329 e. The lowest BCUT2D eigenvalue weighted by molar-refractivity contribution is -0.141. The molecule has 1 aliphatic rings. The minimum Gasteiger partial charge on any atom is -0.329 e. The molecule has 0 saturated heterocycles. The molecule has 12 heteroatoms. The van der Waals surface area contributed by atoms with Gasteiger partial charge in [0.05, 0.1) is 27.5 Å². The van der Waals surface area contributed by atoms with E-state index < -0.39 is 39.1 Å². The van der Waals surface area contributed by atoms with Crippen LogP contribution < -0.4 is 4.90 Å². The minimum absolute atomic E-state index is 0.0868. The van der Waals surface area contributed by atoms with E-state index in [1.54, 1.807) is 17.0 Å². The van der Waals surface area contributed by atoms with Crippen LogP contribution in [0, 0.1) is 5.92 Å². The summed E-state index contributed by atoms with van der Waals surface area (Å²) in [7, 11) is -3.46. The molecule has 0 radical (unpaired) electrons. The molecule has 0 spiro atoms. The quantitative estimate of drug-likeness (QED) is 0.475. The fraction of sp³-hybridized carbons (Fsp3) is 0.478. The third kappa shape index (κ3) is 4.39. The second kappa shape index (κ2) is 8.58. The second-order valence-electron chi connectivity index (χ2n) is 9.06. The van der Waals surface area contributed by atoms with Crippen molar-refractivity contribution in [2.75, 3.05) is 17.7 Å². The van der Waals surface area contributed by atoms with E-state index in [0.717, 1.165) is 13.1 Å². The summed E-state index contributed by atoms with van der Waals surface area (Å²) in [5, 5.41) is 0. The van der Waals surface area contributed by atoms with Gasteiger partial charge in [-0.1, -0.05) is 20.8 Å². The topological polar surface area (TPSA) is 98.0 Å². The van der Waals surface area contributed by atoms with Crippen LogP contribution in [0.3, 0.4) is 0 Å². The molecule has 3 aromatic rings. The number of anilines is 1. The number of imidazole rings is 1. The van der Waals surface area contributed by atoms with Crippen molar-refractivity contribution in [1.29, 1.82) is 0 Å². The fourth-order valence-electron chi connectivity index (χ4n) is 4.65. The first-order valence-corrected chi connectivity index (χ1v) is 13.1. The zero-order valence-electron chi connectivity index (χ0n) is 20.0. The number of rotatable bonds is 5. The molecular formula is C23H26F3N5O3S. The van der Waals surface area contributed by atoms with Gasteiger partial charge in [-0.15, -0.1) is 0 Å². The molecule has 0 N–H and O–H groups in total. The van der Waals surface area contributed by atoms with Crippen molar-refractivity contribution in [3.8, 4) is 0 Å². The molecule has 1 aromatic carbocycles. The number of hydrogen-bond donors (Lipinski definition) is 0. The van der Waals surface area contributed by atoms with Crippen molar-refractivity contribution >= 4 is 32.6 Å². The number of fused-ring (bicyclic) bond motifs is 3. The molecule has 0 bridgehead atoms. The summed E-state index contributed by atoms with van der Waals surface area (Å²) < 4.78 is 67.7. The number of halogens is 3. The maximum absolute atomic E-state index is 13.7. The van der Waals surface area contributed by atoms with E-state index in [1.807, 2.05) is 25.3 Å². The molecule has 1 unspecified atom stereocenters. The summed E-state index contributed by atoms with van der Waals surface area (Å²) >= 11 is 0. The molecule has 0 saturated carbocycles. The monoisotopic (exact) mass is 509 g/mol. The summed E-state index contributed by atoms with van der Waals surface area (Å²) in [6, 6.07) is 2.93. The van der Waals surface area contributed by atoms with Crippen molar-refractivity contribution in [3.63, 3.8) is 0 Å². The van der Waals surface area contributed by atoms with Crippen LogP contribution in [0.5, 0.6) is 0 Å². The lowest BCUT2D eigenvalue weighted by atomic mass is 10.00. The Morgan fingerprint density at radius 1 is 1.20 bits per heavy atom. The van der Waals surface area contributed by atoms with Crippen LogP contribution in [-0.2, 0) is 29.0 Å². The molecular weight excluding hydrogens is 483 g/mol. The van der Waals surface area contributed by atoms with Crippen molar-refractivity contribution < 1.29 is 26.4 Å². The van der Waals surface area contributed by atoms with Crippen molar-refractivity contribution in [1.82, 2.24) is 19.5 Å². The lowest BCUT2D eigenvalue weighted by Crippen LogP contribution is -2.42. The Bertz CT molecular complexity index is 1430. The Balaban J connectivity index is 1.88. The van der Waals surface area contributed by atoms with Gasteiger partial charge in [0.25, 0.3) is 0 Å². The highest BCUT2D eigenvalue weighted by molar-refractivity contribution is 7.90. The summed E-state index contributed by atoms with van der Waals surface area (Å²) in [4.78, 5) is 26.3. The maximum Gasteiger partial charge on any atom is 0.434 e. The van der Waals surface area contributed by atoms with Crippen molar-refractivity contribution in [3.05, 3.63) is 41.0 Å². The van der Waals surface area contributed by atoms with Gasteiger partial charge in [0.2, 0.25) is 5.95 Å². The number of nitrogens with zero attached hydrogens (tertiary/aromatic N) is 5. The Hall–Kier alpha value is -3.02. The minimum atomic E-state index is -4.81. The van der Waals surface area contributed by atoms with Gasteiger partial charge in [-0.25, -0.2) is 23.4 Å². The Morgan fingerprint density at radius 3 is 2.43 bits per heavy atom. The average molecular weight is 510 g/mol. The highest BCUT2D eigenvalue weighted by Crippen LogP contribution is 2.38. The van der Waals surface area contributed by atoms with Crippen LogP contribution in [0.25, 0.3) is 11.0 Å². The van der Waals surface area contributed by atoms with Crippen LogP contribution in [0.1, 0.15) is 61.2 Å². The van der Waals surface area contributed by atoms with Crippen LogP contribution in [0.4, 0.5) is 19.1 Å². The standard InChI is InChI=1S/C23H26F3N5O3S/c1-6-14-9-16-17(10-18(14)35(5,33)34)30-7-8-31(19(12(2)3)21(30)28-16)22-27-11-15(13(4)32)20(29-22)23(24,25)26/h9-12,19H,6-8H2,1-5H3. The number of aryl methyl sites for hydroxylation is 1. The Kier molecular flexibility index (Phi) is 6.15. The Morgan fingerprint density at radius 2 is 1.89 bits per heavy atom. The lowest BCUT2D eigenvalue weighted by Gasteiger charge is -2.38. The van der Waals surface area contributed by atoms with Gasteiger partial charge in [0, 0.05) is 25.5 Å². The van der Waals surface area contributed by atoms with Crippen LogP contribution >= 0.6 is 0 Å². The molecule has 0 amide bonds. The third-order valence-corrected chi connectivity index (χ3v) is 7.40. The average Bonchev–Trinajstić information content (AvgIpc) is 3.13. The molecule has 3 heterocycles. The normalized spacial score (nSPS) is 16.7. The molecule has 8 nitrogen and oxygen atoms in total. The number of sulfone groups is 1. The van der Waals surface area contributed by atoms with Gasteiger partial charge in [-0.2, -0.15) is 13.2 Å². The molecule has 4 rings (SSSR count). The van der Waals surface area contributed by atoms with Crippen LogP contribution in [0.2, 0.25) is 0 Å². The first-order valence-electron chi connectivity index (χ1n) is 11.2. The summed E-state index contributed by atoms with van der Waals surface area (Å²) in [5.74, 6) is -0.387. The van der Waals surface area contributed by atoms with Crippen LogP contribution in [-0.4, -0.2) is 46.5 Å². The number of benzene rings is 1. The zero-order chi connectivity index (χ0) is 25.9. The zero-order valence-corrected chi connectivity index (χ0v) is 20.8. The first-order chi connectivity index (χ1) is 16.2. The first kappa shape index (κ1) is 25.1. The molecule has 2 aromatic heterocycles. The van der Waals surface area contributed by atoms with Crippen molar-refractivity contribution in [2.24, 2.45) is 5.92 Å². The van der Waals surface area contributed by atoms with E-state index in [0.29, 0.717) is 35.4 Å². The van der Waals surface area contributed by atoms with Gasteiger partial charge in [-0.3, -0.25) is 4.79 Å². The van der Waals surface area contributed by atoms with Gasteiger partial charge in [0.1, 0.15) is 5.82 Å². The van der Waals surface area contributed by atoms with E-state index in [2.05, 4.69) is 9.97 Å². The molecule has 1 aliphatic heterocycles. The summed E-state index contributed by atoms with van der Waals surface area (Å²) in [6.45, 7) is 7.37. The van der Waals surface area contributed by atoms with Gasteiger partial charge in [-0.05, 0) is 37.0 Å². The van der Waals surface area contributed by atoms with Gasteiger partial charge < -0.3 is 9.47 Å². The molecule has 35 heavy (non-hydrogen) atoms. The Labute approximate surface area is 201 Å². The largest absolute Gasteiger partial charge is 0.434 e. The highest BCUT2D eigenvalue weighted by atomic mass is 32.2. The van der Waals surface area contributed by atoms with Gasteiger partial charge >= 0.3 is 6.18 Å². The third-order valence-electron chi connectivity index (χ3n) is 6.22. The highest BCUT2D eigenvalue weighted by Gasteiger charge is 2.40. The van der Waals surface area contributed by atoms with Crippen LogP contribution in [0.15, 0.2) is 23.2 Å². The van der Waals surface area contributed by atoms with E-state index in [9.17, 15) is 26.4 Å². The predicted octanol–water partition coefficient (Wildman–Crippen LogP) is 4.23. The fourth-order valence-corrected chi connectivity index (χ4v) is 5.65. The summed E-state index contributed by atoms with van der Waals surface area (Å²) in [5.41, 5.74) is 0.104. The second-order valence-corrected chi connectivity index (χ2v) is 11.0. The maximum atomic E-state index is 13.7. The number of aromatic nitrogens is 4. The van der Waals surface area contributed by atoms with Gasteiger partial charge in [0.15, 0.2) is 21.3 Å². The number of carbonyl (C=O) groups excluding carboxylic acids is 1. The van der Waals surface area contributed by atoms with E-state index >= 15 is 0 Å². The molecule has 1 atom stereocenters. The number of carbonyl (C=O) groups is 1. The SMILES string of the molecule is CCc1cc2nc3n(c2cc1S(C)(=O)=O)CCN(c1ncc(C(C)=O)c(C(F)(F)F)n1)C3C(C)C. The molecule has 188 valence electrons. The van der Waals surface area contributed by atoms with Crippen molar-refractivity contribution in [2.45, 2.75) is 57.8 Å². The predicted molar refractivity (Wildman–Crippen MR) is 124 cm³/mol. The summed E-state index contributed by atoms with van der Waals surface area (Å²) in [6.07, 6.45) is -2.21. The van der Waals surface area contributed by atoms with E-state index in [1.165, 1.54) is 6.26 Å². The number of hydrogen-bond acceptors (Lipinski definition) is 7. The number of Topliss-reactive ketones (excluding diaryl/α,β-unsaturated/α-hetero) is 1.